The summed E-state index contributed by atoms with van der Waals surface area (Å²) in [6.07, 6.45) is -1.23. The van der Waals surface area contributed by atoms with Crippen molar-refractivity contribution in [1.82, 2.24) is 5.32 Å². The normalized spacial score (nSPS) is 31.6. The smallest absolute Gasteiger partial charge is 0.409 e. The molecule has 0 aromatic heterocycles. The molecule has 0 bridgehead atoms. The zero-order valence-electron chi connectivity index (χ0n) is 5.46. The molecule has 1 fully saturated rings. The number of carbonyl (C=O) groups excluding carboxylic acids is 1. The van der Waals surface area contributed by atoms with Gasteiger partial charge in [0.25, 0.3) is 0 Å². The number of cyclic esters (lactones) is 1. The van der Waals surface area contributed by atoms with Crippen LogP contribution in [-0.4, -0.2) is 31.4 Å². The van der Waals surface area contributed by atoms with Gasteiger partial charge in [-0.2, -0.15) is 0 Å². The fourth-order valence-electron chi connectivity index (χ4n) is 0.766. The van der Waals surface area contributed by atoms with Gasteiger partial charge in [-0.25, -0.2) is 4.79 Å². The van der Waals surface area contributed by atoms with E-state index in [2.05, 4.69) is 5.32 Å². The van der Waals surface area contributed by atoms with E-state index in [0.717, 1.165) is 0 Å². The van der Waals surface area contributed by atoms with E-state index in [1.807, 2.05) is 0 Å². The number of halogens is 1. The lowest BCUT2D eigenvalue weighted by molar-refractivity contribution is 0.0327. The van der Waals surface area contributed by atoms with Gasteiger partial charge < -0.3 is 9.47 Å². The first-order valence-electron chi connectivity index (χ1n) is 2.84. The van der Waals surface area contributed by atoms with E-state index in [9.17, 15) is 4.79 Å². The Bertz CT molecular complexity index is 127. The van der Waals surface area contributed by atoms with Gasteiger partial charge in [0.05, 0.1) is 5.88 Å². The zero-order valence-corrected chi connectivity index (χ0v) is 6.22. The molecule has 58 valence electrons. The van der Waals surface area contributed by atoms with Gasteiger partial charge in [-0.3, -0.25) is 5.32 Å². The molecule has 0 spiro atoms. The number of alkyl carbamates (subject to hydrolysis) is 1. The highest BCUT2D eigenvalue weighted by Gasteiger charge is 2.32. The van der Waals surface area contributed by atoms with Crippen LogP contribution in [0.5, 0.6) is 0 Å². The van der Waals surface area contributed by atoms with Crippen LogP contribution in [0.15, 0.2) is 0 Å². The van der Waals surface area contributed by atoms with Gasteiger partial charge in [-0.15, -0.1) is 11.6 Å². The minimum atomic E-state index is -0.475. The Morgan fingerprint density at radius 1 is 1.90 bits per heavy atom. The minimum Gasteiger partial charge on any atom is -0.440 e. The maximum Gasteiger partial charge on any atom is 0.409 e. The Morgan fingerprint density at radius 3 is 3.00 bits per heavy atom. The summed E-state index contributed by atoms with van der Waals surface area (Å²) in [5.41, 5.74) is 0. The van der Waals surface area contributed by atoms with Crippen molar-refractivity contribution in [1.29, 1.82) is 0 Å². The second-order valence-electron chi connectivity index (χ2n) is 1.90. The van der Waals surface area contributed by atoms with E-state index in [0.29, 0.717) is 0 Å². The van der Waals surface area contributed by atoms with Crippen LogP contribution in [0, 0.1) is 0 Å². The standard InChI is InChI=1S/C5H8ClNO3/c1-9-4-3(2-6)10-5(8)7-4/h3-4H,2H2,1H3,(H,7,8). The van der Waals surface area contributed by atoms with Crippen LogP contribution in [0.2, 0.25) is 0 Å². The quantitative estimate of drug-likeness (QED) is 0.599. The van der Waals surface area contributed by atoms with Crippen molar-refractivity contribution in [2.45, 2.75) is 12.3 Å². The lowest BCUT2D eigenvalue weighted by Gasteiger charge is -2.10. The van der Waals surface area contributed by atoms with Crippen LogP contribution < -0.4 is 5.32 Å². The van der Waals surface area contributed by atoms with Crippen molar-refractivity contribution >= 4 is 17.7 Å². The predicted octanol–water partition coefficient (Wildman–Crippen LogP) is 0.306. The van der Waals surface area contributed by atoms with Crippen LogP contribution in [0.3, 0.4) is 0 Å². The monoisotopic (exact) mass is 165 g/mol. The topological polar surface area (TPSA) is 47.6 Å². The van der Waals surface area contributed by atoms with E-state index in [1.54, 1.807) is 0 Å². The molecule has 0 radical (unpaired) electrons. The van der Waals surface area contributed by atoms with Gasteiger partial charge in [0, 0.05) is 7.11 Å². The van der Waals surface area contributed by atoms with Crippen molar-refractivity contribution in [2.75, 3.05) is 13.0 Å². The van der Waals surface area contributed by atoms with Crippen LogP contribution in [0.1, 0.15) is 0 Å². The van der Waals surface area contributed by atoms with E-state index in [4.69, 9.17) is 21.1 Å². The molecule has 1 aliphatic heterocycles. The Labute approximate surface area is 63.4 Å². The van der Waals surface area contributed by atoms with Crippen molar-refractivity contribution in [2.24, 2.45) is 0 Å². The average Bonchev–Trinajstić information content (AvgIpc) is 2.30. The number of hydrogen-bond donors (Lipinski definition) is 1. The van der Waals surface area contributed by atoms with Gasteiger partial charge >= 0.3 is 6.09 Å². The number of methoxy groups -OCH3 is 1. The molecule has 4 nitrogen and oxygen atoms in total. The maximum atomic E-state index is 10.5. The summed E-state index contributed by atoms with van der Waals surface area (Å²) in [5.74, 6) is 0.247. The number of nitrogens with one attached hydrogen (secondary N) is 1. The summed E-state index contributed by atoms with van der Waals surface area (Å²) in [4.78, 5) is 10.5. The summed E-state index contributed by atoms with van der Waals surface area (Å²) >= 11 is 5.45. The van der Waals surface area contributed by atoms with Gasteiger partial charge in [0.15, 0.2) is 12.3 Å². The highest BCUT2D eigenvalue weighted by atomic mass is 35.5. The van der Waals surface area contributed by atoms with E-state index in [-0.39, 0.29) is 12.0 Å². The molecule has 2 unspecified atom stereocenters. The Morgan fingerprint density at radius 2 is 2.60 bits per heavy atom. The molecular weight excluding hydrogens is 158 g/mol. The average molecular weight is 166 g/mol. The van der Waals surface area contributed by atoms with Crippen LogP contribution in [-0.2, 0) is 9.47 Å². The SMILES string of the molecule is COC1NC(=O)OC1CCl. The maximum absolute atomic E-state index is 10.5. The van der Waals surface area contributed by atoms with Crippen molar-refractivity contribution in [3.8, 4) is 0 Å². The molecule has 0 aromatic carbocycles. The summed E-state index contributed by atoms with van der Waals surface area (Å²) < 4.78 is 9.55. The van der Waals surface area contributed by atoms with Crippen molar-refractivity contribution in [3.05, 3.63) is 0 Å². The van der Waals surface area contributed by atoms with Crippen molar-refractivity contribution in [3.63, 3.8) is 0 Å². The third kappa shape index (κ3) is 1.33. The van der Waals surface area contributed by atoms with Crippen LogP contribution in [0.4, 0.5) is 4.79 Å². The fraction of sp³-hybridized carbons (Fsp3) is 0.800. The summed E-state index contributed by atoms with van der Waals surface area (Å²) in [6.45, 7) is 0. The first-order chi connectivity index (χ1) is 4.77. The molecular formula is C5H8ClNO3. The Balaban J connectivity index is 2.48. The van der Waals surface area contributed by atoms with E-state index >= 15 is 0 Å². The largest absolute Gasteiger partial charge is 0.440 e. The summed E-state index contributed by atoms with van der Waals surface area (Å²) in [5, 5.41) is 2.44. The highest BCUT2D eigenvalue weighted by molar-refractivity contribution is 6.18. The number of amides is 1. The molecule has 2 atom stereocenters. The molecule has 10 heavy (non-hydrogen) atoms. The van der Waals surface area contributed by atoms with Gasteiger partial charge in [-0.05, 0) is 0 Å². The molecule has 1 heterocycles. The molecule has 0 saturated carbocycles. The molecule has 1 N–H and O–H groups in total. The molecule has 1 aliphatic rings. The lowest BCUT2D eigenvalue weighted by Crippen LogP contribution is -2.33. The van der Waals surface area contributed by atoms with Crippen LogP contribution >= 0.6 is 11.6 Å². The first-order valence-corrected chi connectivity index (χ1v) is 3.37. The summed E-state index contributed by atoms with van der Waals surface area (Å²) in [7, 11) is 1.49. The second kappa shape index (κ2) is 3.07. The predicted molar refractivity (Wildman–Crippen MR) is 34.9 cm³/mol. The van der Waals surface area contributed by atoms with Gasteiger partial charge in [0.1, 0.15) is 0 Å². The number of carbonyl (C=O) groups is 1. The van der Waals surface area contributed by atoms with E-state index < -0.39 is 12.3 Å². The molecule has 1 rings (SSSR count). The number of hydrogen-bond acceptors (Lipinski definition) is 3. The summed E-state index contributed by atoms with van der Waals surface area (Å²) in [6, 6.07) is 0. The lowest BCUT2D eigenvalue weighted by atomic mass is 10.4. The molecule has 5 heteroatoms. The van der Waals surface area contributed by atoms with Crippen molar-refractivity contribution < 1.29 is 14.3 Å². The fourth-order valence-corrected chi connectivity index (χ4v) is 0.990. The van der Waals surface area contributed by atoms with Crippen LogP contribution in [0.25, 0.3) is 0 Å². The number of rotatable bonds is 2. The molecule has 1 saturated heterocycles. The van der Waals surface area contributed by atoms with Gasteiger partial charge in [-0.1, -0.05) is 0 Å². The minimum absolute atomic E-state index is 0.247. The molecule has 0 aromatic rings. The third-order valence-corrected chi connectivity index (χ3v) is 1.57. The molecule has 0 aliphatic carbocycles. The first kappa shape index (κ1) is 7.63. The highest BCUT2D eigenvalue weighted by Crippen LogP contribution is 2.10. The number of alkyl halides is 1. The zero-order chi connectivity index (χ0) is 7.56. The number of ether oxygens (including phenoxy) is 2. The Hall–Kier alpha value is -0.480. The van der Waals surface area contributed by atoms with Gasteiger partial charge in [0.2, 0.25) is 0 Å². The van der Waals surface area contributed by atoms with E-state index in [1.165, 1.54) is 7.11 Å². The third-order valence-electron chi connectivity index (χ3n) is 1.26. The molecule has 1 amide bonds. The second-order valence-corrected chi connectivity index (χ2v) is 2.21. The Kier molecular flexibility index (Phi) is 2.34.